The van der Waals surface area contributed by atoms with Gasteiger partial charge >= 0.3 is 0 Å². The van der Waals surface area contributed by atoms with Crippen LogP contribution in [0.3, 0.4) is 0 Å². The normalized spacial score (nSPS) is 10.2. The van der Waals surface area contributed by atoms with E-state index in [0.29, 0.717) is 5.75 Å². The summed E-state index contributed by atoms with van der Waals surface area (Å²) in [4.78, 5) is 0. The maximum absolute atomic E-state index is 11.9. The molecule has 0 spiro atoms. The molecule has 0 saturated carbocycles. The molecule has 0 aliphatic carbocycles. The Labute approximate surface area is 91.6 Å². The number of halogens is 2. The van der Waals surface area contributed by atoms with E-state index >= 15 is 0 Å². The smallest absolute Gasteiger partial charge is 0.123 e. The molecule has 0 radical (unpaired) electrons. The monoisotopic (exact) mass is 261 g/mol. The van der Waals surface area contributed by atoms with Crippen LogP contribution >= 0.6 is 15.9 Å². The van der Waals surface area contributed by atoms with E-state index in [1.807, 2.05) is 25.2 Å². The van der Waals surface area contributed by atoms with Gasteiger partial charge in [-0.2, -0.15) is 0 Å². The topological polar surface area (TPSA) is 21.3 Å². The van der Waals surface area contributed by atoms with E-state index in [9.17, 15) is 4.39 Å². The van der Waals surface area contributed by atoms with Crippen molar-refractivity contribution in [3.05, 3.63) is 28.2 Å². The lowest BCUT2D eigenvalue weighted by atomic mass is 10.2. The molecule has 2 nitrogen and oxygen atoms in total. The highest BCUT2D eigenvalue weighted by molar-refractivity contribution is 9.10. The molecule has 14 heavy (non-hydrogen) atoms. The van der Waals surface area contributed by atoms with Gasteiger partial charge in [-0.1, -0.05) is 15.9 Å². The molecule has 0 aliphatic rings. The van der Waals surface area contributed by atoms with Crippen molar-refractivity contribution in [1.82, 2.24) is 5.32 Å². The lowest BCUT2D eigenvalue weighted by Crippen LogP contribution is -2.06. The van der Waals surface area contributed by atoms with Gasteiger partial charge in [-0.3, -0.25) is 0 Å². The molecule has 4 heteroatoms. The SMILES string of the molecule is CNCc1cc(OCCF)ccc1Br. The van der Waals surface area contributed by atoms with E-state index in [2.05, 4.69) is 21.2 Å². The number of ether oxygens (including phenoxy) is 1. The van der Waals surface area contributed by atoms with Crippen molar-refractivity contribution < 1.29 is 9.13 Å². The van der Waals surface area contributed by atoms with Crippen molar-refractivity contribution in [2.24, 2.45) is 0 Å². The van der Waals surface area contributed by atoms with E-state index in [1.54, 1.807) is 0 Å². The maximum atomic E-state index is 11.9. The molecular weight excluding hydrogens is 249 g/mol. The van der Waals surface area contributed by atoms with Crippen molar-refractivity contribution >= 4 is 15.9 Å². The molecule has 0 aromatic heterocycles. The fraction of sp³-hybridized carbons (Fsp3) is 0.400. The maximum Gasteiger partial charge on any atom is 0.123 e. The minimum atomic E-state index is -0.461. The van der Waals surface area contributed by atoms with E-state index in [0.717, 1.165) is 16.6 Å². The van der Waals surface area contributed by atoms with Crippen LogP contribution in [0.1, 0.15) is 5.56 Å². The summed E-state index contributed by atoms with van der Waals surface area (Å²) in [6.07, 6.45) is 0. The van der Waals surface area contributed by atoms with Gasteiger partial charge in [0.05, 0.1) is 0 Å². The van der Waals surface area contributed by atoms with Crippen LogP contribution in [-0.2, 0) is 6.54 Å². The number of nitrogens with one attached hydrogen (secondary N) is 1. The Morgan fingerprint density at radius 2 is 2.29 bits per heavy atom. The number of rotatable bonds is 5. The molecule has 1 rings (SSSR count). The summed E-state index contributed by atoms with van der Waals surface area (Å²) in [5.41, 5.74) is 1.10. The Balaban J connectivity index is 2.72. The first-order chi connectivity index (χ1) is 6.77. The number of hydrogen-bond donors (Lipinski definition) is 1. The molecule has 0 atom stereocenters. The van der Waals surface area contributed by atoms with Crippen LogP contribution in [0, 0.1) is 0 Å². The quantitative estimate of drug-likeness (QED) is 0.880. The summed E-state index contributed by atoms with van der Waals surface area (Å²) in [5.74, 6) is 0.705. The highest BCUT2D eigenvalue weighted by Gasteiger charge is 2.01. The number of benzene rings is 1. The van der Waals surface area contributed by atoms with E-state index in [4.69, 9.17) is 4.74 Å². The molecule has 78 valence electrons. The van der Waals surface area contributed by atoms with Gasteiger partial charge in [-0.15, -0.1) is 0 Å². The minimum Gasteiger partial charge on any atom is -0.491 e. The summed E-state index contributed by atoms with van der Waals surface area (Å²) < 4.78 is 18.1. The largest absolute Gasteiger partial charge is 0.491 e. The predicted octanol–water partition coefficient (Wildman–Crippen LogP) is 2.52. The van der Waals surface area contributed by atoms with Crippen LogP contribution in [-0.4, -0.2) is 20.3 Å². The summed E-state index contributed by atoms with van der Waals surface area (Å²) >= 11 is 3.43. The zero-order valence-corrected chi connectivity index (χ0v) is 9.60. The molecular formula is C10H13BrFNO. The van der Waals surface area contributed by atoms with Gasteiger partial charge in [0, 0.05) is 11.0 Å². The first-order valence-electron chi connectivity index (χ1n) is 4.39. The molecule has 0 bridgehead atoms. The van der Waals surface area contributed by atoms with Crippen LogP contribution in [0.4, 0.5) is 4.39 Å². The summed E-state index contributed by atoms with van der Waals surface area (Å²) in [6.45, 7) is 0.408. The molecule has 0 amide bonds. The fourth-order valence-electron chi connectivity index (χ4n) is 1.12. The Morgan fingerprint density at radius 3 is 2.93 bits per heavy atom. The molecule has 1 N–H and O–H groups in total. The van der Waals surface area contributed by atoms with Gasteiger partial charge < -0.3 is 10.1 Å². The van der Waals surface area contributed by atoms with Crippen molar-refractivity contribution in [2.45, 2.75) is 6.54 Å². The van der Waals surface area contributed by atoms with E-state index in [-0.39, 0.29) is 6.61 Å². The lowest BCUT2D eigenvalue weighted by molar-refractivity contribution is 0.273. The second-order valence-electron chi connectivity index (χ2n) is 2.82. The lowest BCUT2D eigenvalue weighted by Gasteiger charge is -2.08. The third-order valence-corrected chi connectivity index (χ3v) is 2.50. The first kappa shape index (κ1) is 11.5. The number of hydrogen-bond acceptors (Lipinski definition) is 2. The summed E-state index contributed by atoms with van der Waals surface area (Å²) in [7, 11) is 1.88. The zero-order chi connectivity index (χ0) is 10.4. The fourth-order valence-corrected chi connectivity index (χ4v) is 1.51. The van der Waals surface area contributed by atoms with E-state index < -0.39 is 6.67 Å². The molecule has 0 fully saturated rings. The van der Waals surface area contributed by atoms with Crippen LogP contribution in [0.5, 0.6) is 5.75 Å². The number of alkyl halides is 1. The molecule has 1 aromatic rings. The average Bonchev–Trinajstić information content (AvgIpc) is 2.19. The Kier molecular flexibility index (Phi) is 4.90. The Hall–Kier alpha value is -0.610. The first-order valence-corrected chi connectivity index (χ1v) is 5.19. The highest BCUT2D eigenvalue weighted by Crippen LogP contribution is 2.22. The molecule has 0 saturated heterocycles. The van der Waals surface area contributed by atoms with Crippen molar-refractivity contribution in [1.29, 1.82) is 0 Å². The predicted molar refractivity (Wildman–Crippen MR) is 58.4 cm³/mol. The van der Waals surface area contributed by atoms with Gasteiger partial charge in [0.15, 0.2) is 0 Å². The third-order valence-electron chi connectivity index (χ3n) is 1.73. The summed E-state index contributed by atoms with van der Waals surface area (Å²) in [5, 5.41) is 3.05. The summed E-state index contributed by atoms with van der Waals surface area (Å²) in [6, 6.07) is 5.62. The van der Waals surface area contributed by atoms with Gasteiger partial charge in [-0.05, 0) is 30.8 Å². The average molecular weight is 262 g/mol. The molecule has 0 aliphatic heterocycles. The highest BCUT2D eigenvalue weighted by atomic mass is 79.9. The zero-order valence-electron chi connectivity index (χ0n) is 8.02. The van der Waals surface area contributed by atoms with Crippen LogP contribution in [0.15, 0.2) is 22.7 Å². The van der Waals surface area contributed by atoms with E-state index in [1.165, 1.54) is 0 Å². The van der Waals surface area contributed by atoms with Crippen molar-refractivity contribution in [3.63, 3.8) is 0 Å². The van der Waals surface area contributed by atoms with Gasteiger partial charge in [-0.25, -0.2) is 4.39 Å². The van der Waals surface area contributed by atoms with Gasteiger partial charge in [0.1, 0.15) is 19.0 Å². The minimum absolute atomic E-state index is 0.112. The molecule has 0 unspecified atom stereocenters. The Morgan fingerprint density at radius 1 is 1.50 bits per heavy atom. The molecule has 1 aromatic carbocycles. The van der Waals surface area contributed by atoms with Crippen LogP contribution in [0.2, 0.25) is 0 Å². The van der Waals surface area contributed by atoms with Crippen molar-refractivity contribution in [2.75, 3.05) is 20.3 Å². The third kappa shape index (κ3) is 3.27. The second-order valence-corrected chi connectivity index (χ2v) is 3.68. The molecule has 0 heterocycles. The standard InChI is InChI=1S/C10H13BrFNO/c1-13-7-8-6-9(14-5-4-12)2-3-10(8)11/h2-3,6,13H,4-5,7H2,1H3. The van der Waals surface area contributed by atoms with Gasteiger partial charge in [0.2, 0.25) is 0 Å². The van der Waals surface area contributed by atoms with Crippen LogP contribution in [0.25, 0.3) is 0 Å². The van der Waals surface area contributed by atoms with Crippen LogP contribution < -0.4 is 10.1 Å². The van der Waals surface area contributed by atoms with Gasteiger partial charge in [0.25, 0.3) is 0 Å². The second kappa shape index (κ2) is 5.98. The Bertz CT molecular complexity index is 293. The van der Waals surface area contributed by atoms with Crippen molar-refractivity contribution in [3.8, 4) is 5.75 Å².